The largest absolute Gasteiger partial charge is 0.497 e. The molecule has 0 aliphatic carbocycles. The standard InChI is InChI=1S/C22H31N3O5/c1-4-30-19(26)17-10-13-24(14-11-17)15-25-20(27)22(2,23-21(25)28)12-9-16-5-7-18(29-3)8-6-16/h5-8,17H,4,9-15H2,1-3H3,(H,23,28). The molecule has 2 heterocycles. The minimum Gasteiger partial charge on any atom is -0.497 e. The maximum absolute atomic E-state index is 13.0. The lowest BCUT2D eigenvalue weighted by molar-refractivity contribution is -0.150. The number of aryl methyl sites for hydroxylation is 1. The second kappa shape index (κ2) is 9.47. The van der Waals surface area contributed by atoms with Gasteiger partial charge in [0.2, 0.25) is 0 Å². The molecule has 2 aliphatic heterocycles. The number of esters is 1. The molecule has 2 aliphatic rings. The lowest BCUT2D eigenvalue weighted by Gasteiger charge is -2.32. The van der Waals surface area contributed by atoms with E-state index < -0.39 is 5.54 Å². The number of carbonyl (C=O) groups excluding carboxylic acids is 3. The zero-order chi connectivity index (χ0) is 21.7. The highest BCUT2D eigenvalue weighted by Gasteiger charge is 2.47. The van der Waals surface area contributed by atoms with Gasteiger partial charge in [-0.15, -0.1) is 0 Å². The van der Waals surface area contributed by atoms with Crippen LogP contribution < -0.4 is 10.1 Å². The molecule has 30 heavy (non-hydrogen) atoms. The van der Waals surface area contributed by atoms with Gasteiger partial charge in [0.05, 0.1) is 26.3 Å². The third-order valence-corrected chi connectivity index (χ3v) is 5.97. The molecule has 2 saturated heterocycles. The first-order valence-electron chi connectivity index (χ1n) is 10.5. The van der Waals surface area contributed by atoms with E-state index in [9.17, 15) is 14.4 Å². The first-order valence-corrected chi connectivity index (χ1v) is 10.5. The van der Waals surface area contributed by atoms with E-state index >= 15 is 0 Å². The number of benzene rings is 1. The van der Waals surface area contributed by atoms with Crippen LogP contribution in [0.1, 0.15) is 38.7 Å². The van der Waals surface area contributed by atoms with Gasteiger partial charge in [0, 0.05) is 13.1 Å². The molecule has 1 N–H and O–H groups in total. The molecule has 0 radical (unpaired) electrons. The number of rotatable bonds is 8. The maximum Gasteiger partial charge on any atom is 0.326 e. The topological polar surface area (TPSA) is 88.2 Å². The molecule has 1 unspecified atom stereocenters. The summed E-state index contributed by atoms with van der Waals surface area (Å²) in [6.07, 6.45) is 2.55. The van der Waals surface area contributed by atoms with E-state index in [2.05, 4.69) is 5.32 Å². The molecule has 3 rings (SSSR count). The van der Waals surface area contributed by atoms with Gasteiger partial charge >= 0.3 is 12.0 Å². The molecule has 0 bridgehead atoms. The average molecular weight is 418 g/mol. The first-order chi connectivity index (χ1) is 14.4. The number of imide groups is 1. The number of nitrogens with one attached hydrogen (secondary N) is 1. The molecule has 1 aromatic rings. The van der Waals surface area contributed by atoms with Gasteiger partial charge in [-0.3, -0.25) is 14.5 Å². The minimum absolute atomic E-state index is 0.0981. The summed E-state index contributed by atoms with van der Waals surface area (Å²) in [6.45, 7) is 5.53. The summed E-state index contributed by atoms with van der Waals surface area (Å²) in [5.41, 5.74) is 0.166. The van der Waals surface area contributed by atoms with Crippen molar-refractivity contribution < 1.29 is 23.9 Å². The fourth-order valence-electron chi connectivity index (χ4n) is 4.00. The summed E-state index contributed by atoms with van der Waals surface area (Å²) in [5.74, 6) is 0.332. The zero-order valence-electron chi connectivity index (χ0n) is 18.0. The van der Waals surface area contributed by atoms with Crippen molar-refractivity contribution in [1.82, 2.24) is 15.1 Å². The van der Waals surface area contributed by atoms with Crippen molar-refractivity contribution >= 4 is 17.9 Å². The predicted molar refractivity (Wildman–Crippen MR) is 111 cm³/mol. The van der Waals surface area contributed by atoms with Crippen LogP contribution in [0, 0.1) is 5.92 Å². The summed E-state index contributed by atoms with van der Waals surface area (Å²) < 4.78 is 10.3. The van der Waals surface area contributed by atoms with Crippen LogP contribution in [-0.2, 0) is 20.7 Å². The maximum atomic E-state index is 13.0. The number of nitrogens with zero attached hydrogens (tertiary/aromatic N) is 2. The van der Waals surface area contributed by atoms with Gasteiger partial charge in [-0.2, -0.15) is 0 Å². The fourth-order valence-corrected chi connectivity index (χ4v) is 4.00. The molecule has 0 aromatic heterocycles. The summed E-state index contributed by atoms with van der Waals surface area (Å²) in [6, 6.07) is 7.35. The van der Waals surface area contributed by atoms with E-state index in [1.54, 1.807) is 21.0 Å². The third kappa shape index (κ3) is 4.92. The van der Waals surface area contributed by atoms with Crippen LogP contribution in [-0.4, -0.2) is 66.7 Å². The molecule has 1 atom stereocenters. The molecule has 2 fully saturated rings. The molecular weight excluding hydrogens is 386 g/mol. The number of hydrogen-bond acceptors (Lipinski definition) is 6. The number of amides is 3. The lowest BCUT2D eigenvalue weighted by atomic mass is 9.93. The lowest BCUT2D eigenvalue weighted by Crippen LogP contribution is -2.47. The van der Waals surface area contributed by atoms with Gasteiger partial charge in [0.1, 0.15) is 11.3 Å². The van der Waals surface area contributed by atoms with Crippen LogP contribution in [0.4, 0.5) is 4.79 Å². The van der Waals surface area contributed by atoms with Crippen LogP contribution in [0.2, 0.25) is 0 Å². The Morgan fingerprint density at radius 1 is 1.20 bits per heavy atom. The van der Waals surface area contributed by atoms with Gasteiger partial charge < -0.3 is 14.8 Å². The third-order valence-electron chi connectivity index (χ3n) is 5.97. The molecule has 0 saturated carbocycles. The van der Waals surface area contributed by atoms with Crippen molar-refractivity contribution in [3.05, 3.63) is 29.8 Å². The van der Waals surface area contributed by atoms with Crippen LogP contribution in [0.15, 0.2) is 24.3 Å². The van der Waals surface area contributed by atoms with Gasteiger partial charge in [0.25, 0.3) is 5.91 Å². The first kappa shape index (κ1) is 22.1. The second-order valence-corrected chi connectivity index (χ2v) is 8.13. The molecular formula is C22H31N3O5. The molecule has 8 heteroatoms. The van der Waals surface area contributed by atoms with E-state index in [-0.39, 0.29) is 30.5 Å². The van der Waals surface area contributed by atoms with Crippen LogP contribution in [0.5, 0.6) is 5.75 Å². The Balaban J connectivity index is 1.53. The SMILES string of the molecule is CCOC(=O)C1CCN(CN2C(=O)NC(C)(CCc3ccc(OC)cc3)C2=O)CC1. The normalized spacial score (nSPS) is 22.8. The second-order valence-electron chi connectivity index (χ2n) is 8.13. The highest BCUT2D eigenvalue weighted by molar-refractivity contribution is 6.06. The summed E-state index contributed by atoms with van der Waals surface area (Å²) >= 11 is 0. The van der Waals surface area contributed by atoms with Crippen molar-refractivity contribution in [1.29, 1.82) is 0 Å². The number of urea groups is 1. The molecule has 3 amide bonds. The van der Waals surface area contributed by atoms with Gasteiger partial charge in [-0.25, -0.2) is 9.69 Å². The van der Waals surface area contributed by atoms with Crippen molar-refractivity contribution in [2.24, 2.45) is 5.92 Å². The quantitative estimate of drug-likeness (QED) is 0.515. The highest BCUT2D eigenvalue weighted by Crippen LogP contribution is 2.26. The number of piperidine rings is 1. The van der Waals surface area contributed by atoms with Crippen molar-refractivity contribution in [2.75, 3.05) is 33.5 Å². The Kier molecular flexibility index (Phi) is 6.97. The smallest absolute Gasteiger partial charge is 0.326 e. The summed E-state index contributed by atoms with van der Waals surface area (Å²) in [4.78, 5) is 40.7. The predicted octanol–water partition coefficient (Wildman–Crippen LogP) is 2.17. The van der Waals surface area contributed by atoms with Crippen molar-refractivity contribution in [2.45, 2.75) is 45.1 Å². The van der Waals surface area contributed by atoms with Gasteiger partial charge in [-0.05, 0) is 57.2 Å². The zero-order valence-corrected chi connectivity index (χ0v) is 18.0. The number of methoxy groups -OCH3 is 1. The average Bonchev–Trinajstić information content (AvgIpc) is 2.96. The van der Waals surface area contributed by atoms with Crippen molar-refractivity contribution in [3.63, 3.8) is 0 Å². The van der Waals surface area contributed by atoms with E-state index in [0.717, 1.165) is 11.3 Å². The van der Waals surface area contributed by atoms with E-state index in [4.69, 9.17) is 9.47 Å². The van der Waals surface area contributed by atoms with Crippen molar-refractivity contribution in [3.8, 4) is 5.75 Å². The van der Waals surface area contributed by atoms with E-state index in [1.165, 1.54) is 4.90 Å². The number of hydrogen-bond donors (Lipinski definition) is 1. The monoisotopic (exact) mass is 417 g/mol. The van der Waals surface area contributed by atoms with Crippen LogP contribution in [0.25, 0.3) is 0 Å². The van der Waals surface area contributed by atoms with Gasteiger partial charge in [-0.1, -0.05) is 12.1 Å². The van der Waals surface area contributed by atoms with E-state index in [0.29, 0.717) is 45.4 Å². The minimum atomic E-state index is -0.916. The Morgan fingerprint density at radius 3 is 2.47 bits per heavy atom. The summed E-state index contributed by atoms with van der Waals surface area (Å²) in [7, 11) is 1.62. The fraction of sp³-hybridized carbons (Fsp3) is 0.591. The molecule has 0 spiro atoms. The Bertz CT molecular complexity index is 773. The van der Waals surface area contributed by atoms with Crippen LogP contribution in [0.3, 0.4) is 0 Å². The number of likely N-dealkylation sites (tertiary alicyclic amines) is 1. The van der Waals surface area contributed by atoms with E-state index in [1.807, 2.05) is 29.2 Å². The Morgan fingerprint density at radius 2 is 1.87 bits per heavy atom. The number of ether oxygens (including phenoxy) is 2. The Labute approximate surface area is 177 Å². The number of carbonyl (C=O) groups is 3. The summed E-state index contributed by atoms with van der Waals surface area (Å²) in [5, 5.41) is 2.87. The molecule has 164 valence electrons. The Hall–Kier alpha value is -2.61. The van der Waals surface area contributed by atoms with Crippen LogP contribution >= 0.6 is 0 Å². The highest BCUT2D eigenvalue weighted by atomic mass is 16.5. The molecule has 1 aromatic carbocycles. The van der Waals surface area contributed by atoms with Gasteiger partial charge in [0.15, 0.2) is 0 Å². The molecule has 8 nitrogen and oxygen atoms in total.